The number of anilines is 1. The summed E-state index contributed by atoms with van der Waals surface area (Å²) in [6, 6.07) is 11.0. The Labute approximate surface area is 147 Å². The Morgan fingerprint density at radius 2 is 1.95 bits per heavy atom. The largest absolute Gasteiger partial charge is 0.324 e. The van der Waals surface area contributed by atoms with E-state index in [1.165, 1.54) is 0 Å². The average Bonchev–Trinajstić information content (AvgIpc) is 2.50. The molecule has 0 aliphatic rings. The standard InChI is InChI=1S/C16H17Br2N3O/c1-10(14-5-3-4-8-19-14)20-11(2)16(22)21-15-7-6-12(17)9-13(15)18/h3-11,20H,1-2H3,(H,21,22). The number of rotatable bonds is 5. The highest BCUT2D eigenvalue weighted by Gasteiger charge is 2.17. The monoisotopic (exact) mass is 425 g/mol. The SMILES string of the molecule is CC(NC(C)c1ccccn1)C(=O)Nc1ccc(Br)cc1Br. The molecule has 0 radical (unpaired) electrons. The lowest BCUT2D eigenvalue weighted by molar-refractivity contribution is -0.117. The number of nitrogens with one attached hydrogen (secondary N) is 2. The van der Waals surface area contributed by atoms with Crippen molar-refractivity contribution in [2.24, 2.45) is 0 Å². The number of pyridine rings is 1. The first kappa shape index (κ1) is 17.1. The van der Waals surface area contributed by atoms with Crippen LogP contribution in [0.5, 0.6) is 0 Å². The normalized spacial score (nSPS) is 13.5. The van der Waals surface area contributed by atoms with Crippen LogP contribution >= 0.6 is 31.9 Å². The van der Waals surface area contributed by atoms with Crippen LogP contribution in [0.1, 0.15) is 25.6 Å². The van der Waals surface area contributed by atoms with Gasteiger partial charge in [-0.05, 0) is 60.1 Å². The van der Waals surface area contributed by atoms with E-state index in [0.29, 0.717) is 0 Å². The summed E-state index contributed by atoms with van der Waals surface area (Å²) in [4.78, 5) is 16.6. The molecule has 4 nitrogen and oxygen atoms in total. The maximum atomic E-state index is 12.3. The Morgan fingerprint density at radius 1 is 1.18 bits per heavy atom. The van der Waals surface area contributed by atoms with Gasteiger partial charge in [0, 0.05) is 21.2 Å². The van der Waals surface area contributed by atoms with E-state index in [1.54, 1.807) is 6.20 Å². The van der Waals surface area contributed by atoms with Crippen LogP contribution in [0, 0.1) is 0 Å². The van der Waals surface area contributed by atoms with Crippen LogP contribution in [0.4, 0.5) is 5.69 Å². The molecule has 2 rings (SSSR count). The molecular formula is C16H17Br2N3O. The molecule has 2 unspecified atom stereocenters. The van der Waals surface area contributed by atoms with Crippen LogP contribution in [-0.4, -0.2) is 16.9 Å². The van der Waals surface area contributed by atoms with Crippen LogP contribution in [0.15, 0.2) is 51.5 Å². The Bertz CT molecular complexity index is 649. The molecule has 0 aliphatic carbocycles. The lowest BCUT2D eigenvalue weighted by atomic mass is 10.2. The quantitative estimate of drug-likeness (QED) is 0.749. The lowest BCUT2D eigenvalue weighted by Crippen LogP contribution is -2.39. The highest BCUT2D eigenvalue weighted by atomic mass is 79.9. The fourth-order valence-corrected chi connectivity index (χ4v) is 3.15. The molecule has 22 heavy (non-hydrogen) atoms. The van der Waals surface area contributed by atoms with E-state index in [-0.39, 0.29) is 18.0 Å². The minimum absolute atomic E-state index is 0.00434. The summed E-state index contributed by atoms with van der Waals surface area (Å²) >= 11 is 6.83. The maximum Gasteiger partial charge on any atom is 0.241 e. The van der Waals surface area contributed by atoms with Crippen LogP contribution in [0.3, 0.4) is 0 Å². The number of hydrogen-bond acceptors (Lipinski definition) is 3. The molecule has 0 fully saturated rings. The Hall–Kier alpha value is -1.24. The zero-order valence-electron chi connectivity index (χ0n) is 12.3. The smallest absolute Gasteiger partial charge is 0.241 e. The van der Waals surface area contributed by atoms with E-state index >= 15 is 0 Å². The predicted molar refractivity (Wildman–Crippen MR) is 95.7 cm³/mol. The Morgan fingerprint density at radius 3 is 2.59 bits per heavy atom. The van der Waals surface area contributed by atoms with Crippen molar-refractivity contribution in [2.45, 2.75) is 25.9 Å². The van der Waals surface area contributed by atoms with Gasteiger partial charge in [-0.3, -0.25) is 15.1 Å². The fraction of sp³-hybridized carbons (Fsp3) is 0.250. The highest BCUT2D eigenvalue weighted by molar-refractivity contribution is 9.11. The number of amides is 1. The first-order valence-electron chi connectivity index (χ1n) is 6.90. The van der Waals surface area contributed by atoms with Crippen LogP contribution < -0.4 is 10.6 Å². The number of carbonyl (C=O) groups is 1. The van der Waals surface area contributed by atoms with Crippen molar-refractivity contribution in [1.82, 2.24) is 10.3 Å². The molecule has 1 amide bonds. The van der Waals surface area contributed by atoms with E-state index in [2.05, 4.69) is 47.5 Å². The molecule has 0 bridgehead atoms. The molecule has 0 aliphatic heterocycles. The molecule has 2 atom stereocenters. The second-order valence-electron chi connectivity index (χ2n) is 4.98. The van der Waals surface area contributed by atoms with Gasteiger partial charge in [0.15, 0.2) is 0 Å². The third-order valence-electron chi connectivity index (χ3n) is 3.21. The Kier molecular flexibility index (Phi) is 6.11. The third kappa shape index (κ3) is 4.63. The number of carbonyl (C=O) groups excluding carboxylic acids is 1. The number of aromatic nitrogens is 1. The third-order valence-corrected chi connectivity index (χ3v) is 4.36. The summed E-state index contributed by atoms with van der Waals surface area (Å²) in [5, 5.41) is 6.15. The van der Waals surface area contributed by atoms with Gasteiger partial charge in [0.2, 0.25) is 5.91 Å². The van der Waals surface area contributed by atoms with E-state index in [1.807, 2.05) is 50.2 Å². The number of nitrogens with zero attached hydrogens (tertiary/aromatic N) is 1. The van der Waals surface area contributed by atoms with Gasteiger partial charge in [0.25, 0.3) is 0 Å². The molecule has 0 saturated heterocycles. The topological polar surface area (TPSA) is 54.0 Å². The molecule has 0 spiro atoms. The highest BCUT2D eigenvalue weighted by Crippen LogP contribution is 2.26. The van der Waals surface area contributed by atoms with Gasteiger partial charge < -0.3 is 5.32 Å². The molecule has 1 aromatic carbocycles. The molecule has 2 N–H and O–H groups in total. The van der Waals surface area contributed by atoms with Crippen LogP contribution in [-0.2, 0) is 4.79 Å². The molecular weight excluding hydrogens is 410 g/mol. The summed E-state index contributed by atoms with van der Waals surface area (Å²) in [5.74, 6) is -0.0918. The first-order chi connectivity index (χ1) is 10.5. The predicted octanol–water partition coefficient (Wildman–Crippen LogP) is 4.28. The summed E-state index contributed by atoms with van der Waals surface area (Å²) in [5.41, 5.74) is 1.65. The zero-order valence-corrected chi connectivity index (χ0v) is 15.5. The van der Waals surface area contributed by atoms with Gasteiger partial charge in [-0.2, -0.15) is 0 Å². The van der Waals surface area contributed by atoms with Crippen molar-refractivity contribution < 1.29 is 4.79 Å². The van der Waals surface area contributed by atoms with Crippen molar-refractivity contribution in [3.8, 4) is 0 Å². The average molecular weight is 427 g/mol. The lowest BCUT2D eigenvalue weighted by Gasteiger charge is -2.19. The van der Waals surface area contributed by atoms with Gasteiger partial charge in [-0.25, -0.2) is 0 Å². The van der Waals surface area contributed by atoms with Gasteiger partial charge in [0.1, 0.15) is 0 Å². The van der Waals surface area contributed by atoms with Gasteiger partial charge in [-0.15, -0.1) is 0 Å². The van der Waals surface area contributed by atoms with Crippen molar-refractivity contribution in [1.29, 1.82) is 0 Å². The van der Waals surface area contributed by atoms with Crippen LogP contribution in [0.25, 0.3) is 0 Å². The number of benzene rings is 1. The molecule has 1 heterocycles. The minimum Gasteiger partial charge on any atom is -0.324 e. The summed E-state index contributed by atoms with van der Waals surface area (Å²) < 4.78 is 1.78. The van der Waals surface area contributed by atoms with E-state index in [4.69, 9.17) is 0 Å². The summed E-state index contributed by atoms with van der Waals surface area (Å²) in [6.07, 6.45) is 1.75. The summed E-state index contributed by atoms with van der Waals surface area (Å²) in [6.45, 7) is 3.82. The minimum atomic E-state index is -0.340. The first-order valence-corrected chi connectivity index (χ1v) is 8.49. The molecule has 2 aromatic rings. The second-order valence-corrected chi connectivity index (χ2v) is 6.75. The molecule has 6 heteroatoms. The number of hydrogen-bond donors (Lipinski definition) is 2. The second kappa shape index (κ2) is 7.85. The zero-order chi connectivity index (χ0) is 16.1. The van der Waals surface area contributed by atoms with Crippen LogP contribution in [0.2, 0.25) is 0 Å². The Balaban J connectivity index is 1.97. The molecule has 0 saturated carbocycles. The van der Waals surface area contributed by atoms with Gasteiger partial charge in [-0.1, -0.05) is 22.0 Å². The van der Waals surface area contributed by atoms with Gasteiger partial charge >= 0.3 is 0 Å². The van der Waals surface area contributed by atoms with Gasteiger partial charge in [0.05, 0.1) is 17.4 Å². The van der Waals surface area contributed by atoms with Crippen molar-refractivity contribution in [2.75, 3.05) is 5.32 Å². The molecule has 116 valence electrons. The maximum absolute atomic E-state index is 12.3. The number of halogens is 2. The van der Waals surface area contributed by atoms with Crippen molar-refractivity contribution >= 4 is 43.5 Å². The molecule has 1 aromatic heterocycles. The van der Waals surface area contributed by atoms with Crippen molar-refractivity contribution in [3.05, 3.63) is 57.2 Å². The fourth-order valence-electron chi connectivity index (χ4n) is 2.00. The van der Waals surface area contributed by atoms with Crippen molar-refractivity contribution in [3.63, 3.8) is 0 Å². The van der Waals surface area contributed by atoms with E-state index in [0.717, 1.165) is 20.3 Å². The van der Waals surface area contributed by atoms with E-state index < -0.39 is 0 Å². The summed E-state index contributed by atoms with van der Waals surface area (Å²) in [7, 11) is 0. The van der Waals surface area contributed by atoms with E-state index in [9.17, 15) is 4.79 Å².